The average molecular weight is 384 g/mol. The molecule has 7 heteroatoms. The number of rotatable bonds is 2. The molecule has 0 unspecified atom stereocenters. The molecule has 2 amide bonds. The zero-order valence-corrected chi connectivity index (χ0v) is 15.8. The van der Waals surface area contributed by atoms with Crippen LogP contribution in [0.4, 0.5) is 16.3 Å². The first kappa shape index (κ1) is 17.4. The fraction of sp³-hybridized carbons (Fsp3) is 0.182. The van der Waals surface area contributed by atoms with Crippen LogP contribution in [0.15, 0.2) is 67.1 Å². The summed E-state index contributed by atoms with van der Waals surface area (Å²) in [4.78, 5) is 30.3. The Balaban J connectivity index is 1.36. The summed E-state index contributed by atoms with van der Waals surface area (Å²) in [5.41, 5.74) is 2.34. The number of hydrogen-bond acceptors (Lipinski definition) is 5. The Morgan fingerprint density at radius 1 is 0.828 bits per heavy atom. The molecule has 0 radical (unpaired) electrons. The molecule has 1 saturated heterocycles. The van der Waals surface area contributed by atoms with Gasteiger partial charge in [-0.3, -0.25) is 9.97 Å². The van der Waals surface area contributed by atoms with Crippen LogP contribution in [0, 0.1) is 0 Å². The molecular weight excluding hydrogens is 364 g/mol. The summed E-state index contributed by atoms with van der Waals surface area (Å²) in [6.07, 6.45) is 5.30. The third kappa shape index (κ3) is 3.31. The standard InChI is InChI=1S/C22H20N6O/c29-22(28-13-11-27(12-14-28)19-7-1-2-8-23-19)26-18-15-16-5-3-9-24-20(16)17-6-4-10-25-21(17)18/h1-10,15H,11-14H2,(H,26,29). The van der Waals surface area contributed by atoms with Gasteiger partial charge in [0.05, 0.1) is 16.7 Å². The highest BCUT2D eigenvalue weighted by Gasteiger charge is 2.22. The quantitative estimate of drug-likeness (QED) is 0.535. The van der Waals surface area contributed by atoms with Crippen molar-refractivity contribution in [3.05, 3.63) is 67.1 Å². The average Bonchev–Trinajstić information content (AvgIpc) is 2.80. The predicted molar refractivity (Wildman–Crippen MR) is 114 cm³/mol. The fourth-order valence-electron chi connectivity index (χ4n) is 3.76. The maximum absolute atomic E-state index is 12.9. The van der Waals surface area contributed by atoms with Crippen molar-refractivity contribution in [3.63, 3.8) is 0 Å². The predicted octanol–water partition coefficient (Wildman–Crippen LogP) is 3.53. The summed E-state index contributed by atoms with van der Waals surface area (Å²) in [6, 6.07) is 15.5. The van der Waals surface area contributed by atoms with Crippen LogP contribution in [0.2, 0.25) is 0 Å². The molecule has 144 valence electrons. The van der Waals surface area contributed by atoms with Crippen LogP contribution in [0.1, 0.15) is 0 Å². The normalized spacial score (nSPS) is 14.3. The Labute approximate surface area is 168 Å². The molecule has 4 aromatic rings. The molecule has 5 rings (SSSR count). The van der Waals surface area contributed by atoms with E-state index in [1.165, 1.54) is 0 Å². The summed E-state index contributed by atoms with van der Waals surface area (Å²) in [6.45, 7) is 2.79. The second-order valence-electron chi connectivity index (χ2n) is 6.99. The fourth-order valence-corrected chi connectivity index (χ4v) is 3.76. The van der Waals surface area contributed by atoms with Gasteiger partial charge in [0.1, 0.15) is 5.82 Å². The Bertz CT molecular complexity index is 1170. The molecule has 1 aromatic carbocycles. The Morgan fingerprint density at radius 2 is 1.59 bits per heavy atom. The number of fused-ring (bicyclic) bond motifs is 3. The van der Waals surface area contributed by atoms with Gasteiger partial charge in [0.2, 0.25) is 0 Å². The topological polar surface area (TPSA) is 74.2 Å². The van der Waals surface area contributed by atoms with Gasteiger partial charge in [0, 0.05) is 55.5 Å². The first-order valence-corrected chi connectivity index (χ1v) is 9.64. The largest absolute Gasteiger partial charge is 0.353 e. The zero-order chi connectivity index (χ0) is 19.6. The third-order valence-electron chi connectivity index (χ3n) is 5.24. The highest BCUT2D eigenvalue weighted by molar-refractivity contribution is 6.11. The van der Waals surface area contributed by atoms with Crippen LogP contribution >= 0.6 is 0 Å². The van der Waals surface area contributed by atoms with E-state index >= 15 is 0 Å². The van der Waals surface area contributed by atoms with Crippen LogP contribution < -0.4 is 10.2 Å². The number of benzene rings is 1. The van der Waals surface area contributed by atoms with Crippen molar-refractivity contribution in [3.8, 4) is 0 Å². The smallest absolute Gasteiger partial charge is 0.322 e. The molecule has 3 aromatic heterocycles. The Morgan fingerprint density at radius 3 is 2.38 bits per heavy atom. The number of carbonyl (C=O) groups is 1. The second kappa shape index (κ2) is 7.35. The lowest BCUT2D eigenvalue weighted by atomic mass is 10.1. The molecular formula is C22H20N6O. The van der Waals surface area contributed by atoms with Gasteiger partial charge < -0.3 is 15.1 Å². The number of anilines is 2. The molecule has 1 aliphatic heterocycles. The minimum atomic E-state index is -0.110. The maximum Gasteiger partial charge on any atom is 0.322 e. The number of hydrogen-bond donors (Lipinski definition) is 1. The lowest BCUT2D eigenvalue weighted by molar-refractivity contribution is 0.208. The number of piperazine rings is 1. The van der Waals surface area contributed by atoms with Crippen molar-refractivity contribution >= 4 is 39.3 Å². The van der Waals surface area contributed by atoms with E-state index in [-0.39, 0.29) is 6.03 Å². The summed E-state index contributed by atoms with van der Waals surface area (Å²) >= 11 is 0. The molecule has 1 N–H and O–H groups in total. The first-order chi connectivity index (χ1) is 14.3. The van der Waals surface area contributed by atoms with E-state index in [0.717, 1.165) is 40.7 Å². The van der Waals surface area contributed by atoms with Crippen LogP contribution in [-0.4, -0.2) is 52.1 Å². The van der Waals surface area contributed by atoms with Gasteiger partial charge in [-0.15, -0.1) is 0 Å². The number of urea groups is 1. The SMILES string of the molecule is O=C(Nc1cc2cccnc2c2cccnc12)N1CCN(c2ccccn2)CC1. The summed E-state index contributed by atoms with van der Waals surface area (Å²) in [5.74, 6) is 0.949. The van der Waals surface area contributed by atoms with Gasteiger partial charge in [-0.25, -0.2) is 9.78 Å². The van der Waals surface area contributed by atoms with Crippen molar-refractivity contribution in [1.82, 2.24) is 19.9 Å². The summed E-state index contributed by atoms with van der Waals surface area (Å²) < 4.78 is 0. The highest BCUT2D eigenvalue weighted by Crippen LogP contribution is 2.29. The minimum absolute atomic E-state index is 0.110. The molecule has 0 spiro atoms. The van der Waals surface area contributed by atoms with Gasteiger partial charge in [0.15, 0.2) is 0 Å². The van der Waals surface area contributed by atoms with E-state index in [1.54, 1.807) is 18.6 Å². The molecule has 4 heterocycles. The summed E-state index contributed by atoms with van der Waals surface area (Å²) in [5, 5.41) is 4.97. The molecule has 0 aliphatic carbocycles. The van der Waals surface area contributed by atoms with E-state index in [4.69, 9.17) is 0 Å². The van der Waals surface area contributed by atoms with Gasteiger partial charge in [0.25, 0.3) is 0 Å². The third-order valence-corrected chi connectivity index (χ3v) is 5.24. The molecule has 1 fully saturated rings. The lowest BCUT2D eigenvalue weighted by Gasteiger charge is -2.35. The van der Waals surface area contributed by atoms with Crippen molar-refractivity contribution in [2.24, 2.45) is 0 Å². The lowest BCUT2D eigenvalue weighted by Crippen LogP contribution is -2.50. The number of carbonyl (C=O) groups excluding carboxylic acids is 1. The number of nitrogens with zero attached hydrogens (tertiary/aromatic N) is 5. The Hall–Kier alpha value is -3.74. The monoisotopic (exact) mass is 384 g/mol. The number of nitrogens with one attached hydrogen (secondary N) is 1. The molecule has 7 nitrogen and oxygen atoms in total. The van der Waals surface area contributed by atoms with Crippen LogP contribution in [0.5, 0.6) is 0 Å². The number of amides is 2. The van der Waals surface area contributed by atoms with Crippen molar-refractivity contribution in [1.29, 1.82) is 0 Å². The van der Waals surface area contributed by atoms with E-state index in [2.05, 4.69) is 25.2 Å². The van der Waals surface area contributed by atoms with Gasteiger partial charge >= 0.3 is 6.03 Å². The summed E-state index contributed by atoms with van der Waals surface area (Å²) in [7, 11) is 0. The molecule has 29 heavy (non-hydrogen) atoms. The van der Waals surface area contributed by atoms with E-state index in [1.807, 2.05) is 53.4 Å². The van der Waals surface area contributed by atoms with Crippen molar-refractivity contribution in [2.45, 2.75) is 0 Å². The number of pyridine rings is 3. The van der Waals surface area contributed by atoms with Gasteiger partial charge in [-0.1, -0.05) is 12.1 Å². The Kier molecular flexibility index (Phi) is 4.40. The van der Waals surface area contributed by atoms with Gasteiger partial charge in [-0.05, 0) is 36.4 Å². The maximum atomic E-state index is 12.9. The van der Waals surface area contributed by atoms with Crippen LogP contribution in [0.3, 0.4) is 0 Å². The molecule has 1 aliphatic rings. The number of aromatic nitrogens is 3. The van der Waals surface area contributed by atoms with Crippen LogP contribution in [-0.2, 0) is 0 Å². The molecule has 0 bridgehead atoms. The van der Waals surface area contributed by atoms with Crippen molar-refractivity contribution < 1.29 is 4.79 Å². The first-order valence-electron chi connectivity index (χ1n) is 9.64. The zero-order valence-electron chi connectivity index (χ0n) is 15.8. The van der Waals surface area contributed by atoms with E-state index in [0.29, 0.717) is 18.8 Å². The van der Waals surface area contributed by atoms with Gasteiger partial charge in [-0.2, -0.15) is 0 Å². The van der Waals surface area contributed by atoms with E-state index in [9.17, 15) is 4.79 Å². The van der Waals surface area contributed by atoms with E-state index < -0.39 is 0 Å². The van der Waals surface area contributed by atoms with Crippen molar-refractivity contribution in [2.75, 3.05) is 36.4 Å². The highest BCUT2D eigenvalue weighted by atomic mass is 16.2. The second-order valence-corrected chi connectivity index (χ2v) is 6.99. The van der Waals surface area contributed by atoms with Crippen LogP contribution in [0.25, 0.3) is 21.8 Å². The molecule has 0 atom stereocenters. The minimum Gasteiger partial charge on any atom is -0.353 e. The molecule has 0 saturated carbocycles.